The van der Waals surface area contributed by atoms with Gasteiger partial charge in [0.25, 0.3) is 0 Å². The van der Waals surface area contributed by atoms with Crippen molar-refractivity contribution in [1.29, 1.82) is 0 Å². The van der Waals surface area contributed by atoms with Crippen molar-refractivity contribution in [3.8, 4) is 5.75 Å². The molecule has 1 heterocycles. The summed E-state index contributed by atoms with van der Waals surface area (Å²) in [5.74, 6) is 0.0509. The number of carbonyl (C=O) groups excluding carboxylic acids is 1. The number of amides is 1. The van der Waals surface area contributed by atoms with Crippen molar-refractivity contribution >= 4 is 5.91 Å². The lowest BCUT2D eigenvalue weighted by Crippen LogP contribution is -2.56. The van der Waals surface area contributed by atoms with Gasteiger partial charge in [0.2, 0.25) is 5.91 Å². The maximum absolute atomic E-state index is 11.4. The number of benzene rings is 1. The van der Waals surface area contributed by atoms with Crippen LogP contribution in [-0.2, 0) is 11.3 Å². The molecule has 4 N–H and O–H groups in total. The summed E-state index contributed by atoms with van der Waals surface area (Å²) in [5, 5.41) is 13.0. The summed E-state index contributed by atoms with van der Waals surface area (Å²) < 4.78 is 0. The van der Waals surface area contributed by atoms with Crippen molar-refractivity contribution < 1.29 is 9.90 Å². The van der Waals surface area contributed by atoms with E-state index in [-0.39, 0.29) is 11.9 Å². The Kier molecular flexibility index (Phi) is 4.07. The van der Waals surface area contributed by atoms with Gasteiger partial charge in [0.15, 0.2) is 0 Å². The largest absolute Gasteiger partial charge is 0.507 e. The number of hydrogen-bond acceptors (Lipinski definition) is 4. The van der Waals surface area contributed by atoms with Crippen LogP contribution in [0.4, 0.5) is 0 Å². The minimum absolute atomic E-state index is 0.261. The third-order valence-electron chi connectivity index (χ3n) is 3.62. The lowest BCUT2D eigenvalue weighted by molar-refractivity contribution is -0.124. The molecule has 0 aromatic heterocycles. The highest BCUT2D eigenvalue weighted by atomic mass is 16.3. The van der Waals surface area contributed by atoms with Gasteiger partial charge in [-0.1, -0.05) is 12.1 Å². The summed E-state index contributed by atoms with van der Waals surface area (Å²) in [6.07, 6.45) is 0. The third-order valence-corrected chi connectivity index (χ3v) is 3.62. The Morgan fingerprint density at radius 1 is 1.47 bits per heavy atom. The van der Waals surface area contributed by atoms with Gasteiger partial charge in [-0.05, 0) is 30.5 Å². The molecule has 5 nitrogen and oxygen atoms in total. The quantitative estimate of drug-likeness (QED) is 0.731. The second kappa shape index (κ2) is 5.59. The number of rotatable bonds is 3. The Bertz CT molecular complexity index is 465. The van der Waals surface area contributed by atoms with Gasteiger partial charge in [-0.3, -0.25) is 9.69 Å². The molecule has 1 aliphatic rings. The van der Waals surface area contributed by atoms with E-state index in [0.29, 0.717) is 18.8 Å². The van der Waals surface area contributed by atoms with E-state index in [9.17, 15) is 9.90 Å². The fraction of sp³-hybridized carbons (Fsp3) is 0.500. The zero-order valence-corrected chi connectivity index (χ0v) is 11.4. The van der Waals surface area contributed by atoms with Gasteiger partial charge in [0.1, 0.15) is 11.8 Å². The van der Waals surface area contributed by atoms with Crippen molar-refractivity contribution in [2.24, 2.45) is 5.73 Å². The molecule has 1 atom stereocenters. The Hall–Kier alpha value is -1.59. The zero-order valence-electron chi connectivity index (χ0n) is 11.4. The number of nitrogens with zero attached hydrogens (tertiary/aromatic N) is 1. The van der Waals surface area contributed by atoms with E-state index in [4.69, 9.17) is 5.73 Å². The van der Waals surface area contributed by atoms with Crippen LogP contribution in [0.3, 0.4) is 0 Å². The Balaban J connectivity index is 2.17. The molecule has 0 radical (unpaired) electrons. The second-order valence-corrected chi connectivity index (χ2v) is 5.17. The number of primary amides is 1. The highest BCUT2D eigenvalue weighted by Crippen LogP contribution is 2.24. The lowest BCUT2D eigenvalue weighted by Gasteiger charge is -2.34. The number of phenols is 1. The van der Waals surface area contributed by atoms with Crippen LogP contribution in [0.2, 0.25) is 0 Å². The van der Waals surface area contributed by atoms with E-state index >= 15 is 0 Å². The van der Waals surface area contributed by atoms with Gasteiger partial charge in [0, 0.05) is 26.2 Å². The van der Waals surface area contributed by atoms with Crippen molar-refractivity contribution in [2.75, 3.05) is 19.6 Å². The average Bonchev–Trinajstić information content (AvgIpc) is 2.36. The van der Waals surface area contributed by atoms with Crippen LogP contribution in [-0.4, -0.2) is 41.6 Å². The van der Waals surface area contributed by atoms with E-state index in [1.807, 2.05) is 26.0 Å². The Morgan fingerprint density at radius 2 is 2.11 bits per heavy atom. The highest BCUT2D eigenvalue weighted by Gasteiger charge is 2.26. The third kappa shape index (κ3) is 3.05. The molecule has 1 aromatic carbocycles. The van der Waals surface area contributed by atoms with Gasteiger partial charge >= 0.3 is 0 Å². The first kappa shape index (κ1) is 13.8. The Morgan fingerprint density at radius 3 is 2.68 bits per heavy atom. The molecule has 0 saturated carbocycles. The van der Waals surface area contributed by atoms with Gasteiger partial charge in [0.05, 0.1) is 0 Å². The fourth-order valence-electron chi connectivity index (χ4n) is 2.59. The number of carbonyl (C=O) groups is 1. The number of phenolic OH excluding ortho intramolecular Hbond substituents is 1. The highest BCUT2D eigenvalue weighted by molar-refractivity contribution is 5.80. The monoisotopic (exact) mass is 263 g/mol. The predicted molar refractivity (Wildman–Crippen MR) is 73.8 cm³/mol. The van der Waals surface area contributed by atoms with Gasteiger partial charge in [-0.25, -0.2) is 0 Å². The SMILES string of the molecule is Cc1cc(CN2CCNCC2C(N)=O)cc(C)c1O. The smallest absolute Gasteiger partial charge is 0.236 e. The van der Waals surface area contributed by atoms with Crippen molar-refractivity contribution in [1.82, 2.24) is 10.2 Å². The van der Waals surface area contributed by atoms with Crippen molar-refractivity contribution in [2.45, 2.75) is 26.4 Å². The van der Waals surface area contributed by atoms with Crippen molar-refractivity contribution in [3.05, 3.63) is 28.8 Å². The topological polar surface area (TPSA) is 78.6 Å². The molecule has 0 aliphatic carbocycles. The van der Waals surface area contributed by atoms with Crippen LogP contribution in [0.15, 0.2) is 12.1 Å². The van der Waals surface area contributed by atoms with Crippen LogP contribution in [0.1, 0.15) is 16.7 Å². The molecule has 104 valence electrons. The van der Waals surface area contributed by atoms with E-state index in [1.54, 1.807) is 0 Å². The van der Waals surface area contributed by atoms with E-state index in [1.165, 1.54) is 0 Å². The molecule has 19 heavy (non-hydrogen) atoms. The first-order valence-corrected chi connectivity index (χ1v) is 6.52. The molecular weight excluding hydrogens is 242 g/mol. The molecule has 1 amide bonds. The van der Waals surface area contributed by atoms with Crippen LogP contribution in [0.5, 0.6) is 5.75 Å². The molecule has 1 saturated heterocycles. The molecule has 0 spiro atoms. The first-order chi connectivity index (χ1) is 8.99. The summed E-state index contributed by atoms with van der Waals surface area (Å²) >= 11 is 0. The standard InChI is InChI=1S/C14H21N3O2/c1-9-5-11(6-10(2)13(9)18)8-17-4-3-16-7-12(17)14(15)19/h5-6,12,16,18H,3-4,7-8H2,1-2H3,(H2,15,19). The summed E-state index contributed by atoms with van der Waals surface area (Å²) in [6.45, 7) is 6.71. The van der Waals surface area contributed by atoms with E-state index in [0.717, 1.165) is 29.8 Å². The van der Waals surface area contributed by atoms with Crippen LogP contribution in [0.25, 0.3) is 0 Å². The maximum atomic E-state index is 11.4. The normalized spacial score (nSPS) is 20.4. The van der Waals surface area contributed by atoms with E-state index in [2.05, 4.69) is 10.2 Å². The van der Waals surface area contributed by atoms with E-state index < -0.39 is 0 Å². The molecule has 1 fully saturated rings. The zero-order chi connectivity index (χ0) is 14.0. The average molecular weight is 263 g/mol. The molecule has 5 heteroatoms. The van der Waals surface area contributed by atoms with Crippen LogP contribution >= 0.6 is 0 Å². The number of nitrogens with one attached hydrogen (secondary N) is 1. The maximum Gasteiger partial charge on any atom is 0.236 e. The fourth-order valence-corrected chi connectivity index (χ4v) is 2.59. The molecule has 1 aromatic rings. The summed E-state index contributed by atoms with van der Waals surface area (Å²) in [6, 6.07) is 3.66. The van der Waals surface area contributed by atoms with Gasteiger partial charge < -0.3 is 16.2 Å². The molecular formula is C14H21N3O2. The summed E-state index contributed by atoms with van der Waals surface area (Å²) in [4.78, 5) is 13.5. The summed E-state index contributed by atoms with van der Waals surface area (Å²) in [5.41, 5.74) is 8.26. The number of hydrogen-bond donors (Lipinski definition) is 3. The molecule has 1 aliphatic heterocycles. The van der Waals surface area contributed by atoms with Crippen LogP contribution in [0, 0.1) is 13.8 Å². The minimum Gasteiger partial charge on any atom is -0.507 e. The molecule has 1 unspecified atom stereocenters. The lowest BCUT2D eigenvalue weighted by atomic mass is 10.0. The van der Waals surface area contributed by atoms with Gasteiger partial charge in [-0.2, -0.15) is 0 Å². The summed E-state index contributed by atoms with van der Waals surface area (Å²) in [7, 11) is 0. The van der Waals surface area contributed by atoms with Crippen molar-refractivity contribution in [3.63, 3.8) is 0 Å². The number of aryl methyl sites for hydroxylation is 2. The number of aromatic hydroxyl groups is 1. The Labute approximate surface area is 113 Å². The molecule has 0 bridgehead atoms. The molecule has 2 rings (SSSR count). The predicted octanol–water partition coefficient (Wildman–Crippen LogP) is 0.268. The van der Waals surface area contributed by atoms with Gasteiger partial charge in [-0.15, -0.1) is 0 Å². The number of piperazine rings is 1. The number of nitrogens with two attached hydrogens (primary N) is 1. The van der Waals surface area contributed by atoms with Crippen LogP contribution < -0.4 is 11.1 Å². The second-order valence-electron chi connectivity index (χ2n) is 5.17. The first-order valence-electron chi connectivity index (χ1n) is 6.52. The minimum atomic E-state index is -0.292.